The number of rotatable bonds is 4. The number of nitrogens with two attached hydrogens (primary N) is 1. The van der Waals surface area contributed by atoms with Gasteiger partial charge in [0.2, 0.25) is 0 Å². The summed E-state index contributed by atoms with van der Waals surface area (Å²) in [5.41, 5.74) is 10.2. The molecular weight excluding hydrogens is 267 g/mol. The van der Waals surface area contributed by atoms with Gasteiger partial charge in [0.05, 0.1) is 17.5 Å². The summed E-state index contributed by atoms with van der Waals surface area (Å²) in [4.78, 5) is 0. The van der Waals surface area contributed by atoms with Crippen molar-refractivity contribution in [1.29, 1.82) is 0 Å². The van der Waals surface area contributed by atoms with Gasteiger partial charge in [0, 0.05) is 17.8 Å². The molecule has 0 saturated heterocycles. The minimum Gasteiger partial charge on any atom is -0.488 e. The highest BCUT2D eigenvalue weighted by Crippen LogP contribution is 2.31. The molecule has 0 atom stereocenters. The van der Waals surface area contributed by atoms with Gasteiger partial charge in [-0.2, -0.15) is 0 Å². The molecule has 21 heavy (non-hydrogen) atoms. The maximum atomic E-state index is 13.8. The Kier molecular flexibility index (Phi) is 4.36. The lowest BCUT2D eigenvalue weighted by Gasteiger charge is -2.15. The van der Waals surface area contributed by atoms with Crippen LogP contribution < -0.4 is 15.8 Å². The summed E-state index contributed by atoms with van der Waals surface area (Å²) in [6.45, 7) is 7.81. The van der Waals surface area contributed by atoms with Crippen molar-refractivity contribution in [1.82, 2.24) is 0 Å². The van der Waals surface area contributed by atoms with Crippen molar-refractivity contribution >= 4 is 17.1 Å². The number of ether oxygens (including phenoxy) is 1. The zero-order valence-corrected chi connectivity index (χ0v) is 12.8. The maximum Gasteiger partial charge on any atom is 0.167 e. The second kappa shape index (κ2) is 6.04. The zero-order valence-electron chi connectivity index (χ0n) is 12.8. The molecule has 2 aromatic rings. The minimum atomic E-state index is -0.452. The standard InChI is InChI=1S/C17H21FN2O/c1-10(2)21-17-9-16(15(19)8-14(17)18)20-13-6-5-11(3)12(4)7-13/h5-10,20H,19H2,1-4H3. The average molecular weight is 288 g/mol. The number of hydrogen-bond donors (Lipinski definition) is 2. The maximum absolute atomic E-state index is 13.8. The Hall–Kier alpha value is -2.23. The van der Waals surface area contributed by atoms with E-state index in [4.69, 9.17) is 10.5 Å². The molecule has 0 aliphatic heterocycles. The molecule has 0 amide bonds. The SMILES string of the molecule is Cc1ccc(Nc2cc(OC(C)C)c(F)cc2N)cc1C. The first kappa shape index (κ1) is 15.2. The van der Waals surface area contributed by atoms with E-state index in [1.165, 1.54) is 17.2 Å². The summed E-state index contributed by atoms with van der Waals surface area (Å²) in [6, 6.07) is 8.90. The first-order valence-electron chi connectivity index (χ1n) is 6.96. The van der Waals surface area contributed by atoms with Crippen LogP contribution in [0.5, 0.6) is 5.75 Å². The van der Waals surface area contributed by atoms with Gasteiger partial charge in [-0.05, 0) is 51.0 Å². The van der Waals surface area contributed by atoms with E-state index < -0.39 is 5.82 Å². The van der Waals surface area contributed by atoms with Crippen LogP contribution in [0.3, 0.4) is 0 Å². The molecule has 0 heterocycles. The van der Waals surface area contributed by atoms with Gasteiger partial charge >= 0.3 is 0 Å². The van der Waals surface area contributed by atoms with Gasteiger partial charge in [0.25, 0.3) is 0 Å². The number of halogens is 1. The molecular formula is C17H21FN2O. The summed E-state index contributed by atoms with van der Waals surface area (Å²) in [5.74, 6) is -0.252. The van der Waals surface area contributed by atoms with Crippen LogP contribution in [0.25, 0.3) is 0 Å². The van der Waals surface area contributed by atoms with Crippen LogP contribution in [0.2, 0.25) is 0 Å². The van der Waals surface area contributed by atoms with Crippen LogP contribution in [0, 0.1) is 19.7 Å². The highest BCUT2D eigenvalue weighted by atomic mass is 19.1. The van der Waals surface area contributed by atoms with E-state index in [0.29, 0.717) is 11.4 Å². The second-order valence-corrected chi connectivity index (χ2v) is 5.46. The van der Waals surface area contributed by atoms with Crippen LogP contribution in [0.4, 0.5) is 21.5 Å². The van der Waals surface area contributed by atoms with Gasteiger partial charge in [-0.1, -0.05) is 6.07 Å². The van der Waals surface area contributed by atoms with Crippen molar-refractivity contribution in [3.8, 4) is 5.75 Å². The van der Waals surface area contributed by atoms with Crippen molar-refractivity contribution in [3.05, 3.63) is 47.3 Å². The predicted molar refractivity (Wildman–Crippen MR) is 85.8 cm³/mol. The average Bonchev–Trinajstić information content (AvgIpc) is 2.39. The second-order valence-electron chi connectivity index (χ2n) is 5.46. The summed E-state index contributed by atoms with van der Waals surface area (Å²) in [6.07, 6.45) is -0.0995. The third-order valence-electron chi connectivity index (χ3n) is 3.25. The highest BCUT2D eigenvalue weighted by Gasteiger charge is 2.11. The highest BCUT2D eigenvalue weighted by molar-refractivity contribution is 5.74. The summed E-state index contributed by atoms with van der Waals surface area (Å²) in [5, 5.41) is 3.21. The van der Waals surface area contributed by atoms with Crippen LogP contribution in [-0.4, -0.2) is 6.10 Å². The van der Waals surface area contributed by atoms with Crippen molar-refractivity contribution < 1.29 is 9.13 Å². The molecule has 0 aliphatic rings. The van der Waals surface area contributed by atoms with Gasteiger partial charge in [-0.15, -0.1) is 0 Å². The van der Waals surface area contributed by atoms with Gasteiger partial charge in [-0.25, -0.2) is 4.39 Å². The van der Waals surface area contributed by atoms with E-state index in [1.54, 1.807) is 6.07 Å². The first-order chi connectivity index (χ1) is 9.86. The lowest BCUT2D eigenvalue weighted by atomic mass is 10.1. The zero-order chi connectivity index (χ0) is 15.6. The largest absolute Gasteiger partial charge is 0.488 e. The molecule has 0 radical (unpaired) electrons. The molecule has 3 nitrogen and oxygen atoms in total. The Balaban J connectivity index is 2.32. The summed E-state index contributed by atoms with van der Waals surface area (Å²) >= 11 is 0. The fourth-order valence-corrected chi connectivity index (χ4v) is 2.00. The van der Waals surface area contributed by atoms with E-state index >= 15 is 0 Å². The van der Waals surface area contributed by atoms with E-state index in [0.717, 1.165) is 5.69 Å². The van der Waals surface area contributed by atoms with Crippen molar-refractivity contribution in [2.24, 2.45) is 0 Å². The smallest absolute Gasteiger partial charge is 0.167 e. The molecule has 0 aromatic heterocycles. The molecule has 0 spiro atoms. The monoisotopic (exact) mass is 288 g/mol. The molecule has 3 N–H and O–H groups in total. The fourth-order valence-electron chi connectivity index (χ4n) is 2.00. The van der Waals surface area contributed by atoms with Crippen LogP contribution >= 0.6 is 0 Å². The molecule has 2 aromatic carbocycles. The Morgan fingerprint density at radius 1 is 1.10 bits per heavy atom. The van der Waals surface area contributed by atoms with E-state index in [-0.39, 0.29) is 11.9 Å². The quantitative estimate of drug-likeness (QED) is 0.811. The number of nitrogen functional groups attached to an aromatic ring is 1. The summed E-state index contributed by atoms with van der Waals surface area (Å²) in [7, 11) is 0. The molecule has 0 fully saturated rings. The van der Waals surface area contributed by atoms with E-state index in [1.807, 2.05) is 39.0 Å². The topological polar surface area (TPSA) is 47.3 Å². The van der Waals surface area contributed by atoms with Crippen molar-refractivity contribution in [3.63, 3.8) is 0 Å². The third kappa shape index (κ3) is 3.66. The van der Waals surface area contributed by atoms with Crippen LogP contribution in [0.1, 0.15) is 25.0 Å². The Morgan fingerprint density at radius 2 is 1.81 bits per heavy atom. The van der Waals surface area contributed by atoms with Crippen LogP contribution in [0.15, 0.2) is 30.3 Å². The Morgan fingerprint density at radius 3 is 2.43 bits per heavy atom. The lowest BCUT2D eigenvalue weighted by Crippen LogP contribution is -2.08. The van der Waals surface area contributed by atoms with Gasteiger partial charge < -0.3 is 15.8 Å². The number of aryl methyl sites for hydroxylation is 2. The summed E-state index contributed by atoms with van der Waals surface area (Å²) < 4.78 is 19.3. The molecule has 0 saturated carbocycles. The van der Waals surface area contributed by atoms with E-state index in [9.17, 15) is 4.39 Å². The number of nitrogens with one attached hydrogen (secondary N) is 1. The van der Waals surface area contributed by atoms with Gasteiger partial charge in [0.15, 0.2) is 11.6 Å². The lowest BCUT2D eigenvalue weighted by molar-refractivity contribution is 0.231. The predicted octanol–water partition coefficient (Wildman–Crippen LogP) is 4.56. The molecule has 2 rings (SSSR count). The third-order valence-corrected chi connectivity index (χ3v) is 3.25. The number of hydrogen-bond acceptors (Lipinski definition) is 3. The van der Waals surface area contributed by atoms with Gasteiger partial charge in [0.1, 0.15) is 0 Å². The minimum absolute atomic E-state index is 0.0995. The normalized spacial score (nSPS) is 10.8. The fraction of sp³-hybridized carbons (Fsp3) is 0.294. The van der Waals surface area contributed by atoms with Crippen molar-refractivity contribution in [2.75, 3.05) is 11.1 Å². The molecule has 112 valence electrons. The Bertz CT molecular complexity index is 653. The molecule has 4 heteroatoms. The molecule has 0 aliphatic carbocycles. The first-order valence-corrected chi connectivity index (χ1v) is 6.96. The Labute approximate surface area is 124 Å². The molecule has 0 bridgehead atoms. The van der Waals surface area contributed by atoms with Gasteiger partial charge in [-0.3, -0.25) is 0 Å². The molecule has 0 unspecified atom stereocenters. The van der Waals surface area contributed by atoms with Crippen molar-refractivity contribution in [2.45, 2.75) is 33.8 Å². The number of benzene rings is 2. The van der Waals surface area contributed by atoms with E-state index in [2.05, 4.69) is 12.2 Å². The number of anilines is 3. The van der Waals surface area contributed by atoms with Crippen LogP contribution in [-0.2, 0) is 0 Å².